The van der Waals surface area contributed by atoms with E-state index < -0.39 is 10.0 Å². The summed E-state index contributed by atoms with van der Waals surface area (Å²) in [5.74, 6) is 0.740. The highest BCUT2D eigenvalue weighted by Gasteiger charge is 2.27. The Kier molecular flexibility index (Phi) is 8.10. The van der Waals surface area contributed by atoms with Crippen molar-refractivity contribution in [3.8, 4) is 17.3 Å². The number of hydrogen-bond acceptors (Lipinski definition) is 7. The van der Waals surface area contributed by atoms with Gasteiger partial charge in [0, 0.05) is 29.9 Å². The molecule has 5 rings (SSSR count). The second-order valence-electron chi connectivity index (χ2n) is 10.2. The Labute approximate surface area is 235 Å². The summed E-state index contributed by atoms with van der Waals surface area (Å²) >= 11 is 0. The summed E-state index contributed by atoms with van der Waals surface area (Å²) in [6.07, 6.45) is 4.84. The van der Waals surface area contributed by atoms with E-state index in [1.807, 2.05) is 36.5 Å². The van der Waals surface area contributed by atoms with Crippen molar-refractivity contribution in [2.24, 2.45) is 0 Å². The van der Waals surface area contributed by atoms with Gasteiger partial charge in [0.15, 0.2) is 0 Å². The number of sulfonamides is 1. The molecule has 0 spiro atoms. The molecule has 0 saturated heterocycles. The number of nitriles is 1. The molecule has 0 amide bonds. The van der Waals surface area contributed by atoms with Crippen LogP contribution in [0.15, 0.2) is 83.9 Å². The summed E-state index contributed by atoms with van der Waals surface area (Å²) in [6.45, 7) is 1.89. The summed E-state index contributed by atoms with van der Waals surface area (Å²) in [7, 11) is 0.349. The molecule has 1 aliphatic carbocycles. The third-order valence-electron chi connectivity index (χ3n) is 7.03. The van der Waals surface area contributed by atoms with Crippen LogP contribution in [0.3, 0.4) is 0 Å². The van der Waals surface area contributed by atoms with Crippen LogP contribution in [0, 0.1) is 11.3 Å². The molecule has 8 nitrogen and oxygen atoms in total. The fourth-order valence-corrected chi connectivity index (χ4v) is 6.11. The van der Waals surface area contributed by atoms with Gasteiger partial charge in [-0.05, 0) is 86.9 Å². The number of anilines is 2. The van der Waals surface area contributed by atoms with Gasteiger partial charge in [-0.25, -0.2) is 18.4 Å². The van der Waals surface area contributed by atoms with E-state index in [9.17, 15) is 8.42 Å². The molecule has 1 aromatic heterocycles. The largest absolute Gasteiger partial charge is 0.354 e. The van der Waals surface area contributed by atoms with Gasteiger partial charge in [0.2, 0.25) is 5.95 Å². The maximum Gasteiger partial charge on any atom is 0.261 e. The third-order valence-corrected chi connectivity index (χ3v) is 8.41. The van der Waals surface area contributed by atoms with Crippen molar-refractivity contribution in [1.82, 2.24) is 14.9 Å². The molecule has 1 heterocycles. The first-order valence-electron chi connectivity index (χ1n) is 13.3. The fourth-order valence-electron chi connectivity index (χ4n) is 5.00. The van der Waals surface area contributed by atoms with E-state index in [4.69, 9.17) is 10.2 Å². The number of benzene rings is 3. The van der Waals surface area contributed by atoms with E-state index in [2.05, 4.69) is 46.2 Å². The van der Waals surface area contributed by atoms with E-state index in [1.165, 1.54) is 17.7 Å². The standard InChI is InChI=1S/C31H32N6O2S/c1-37(2)17-6-5-16-33-31-34-21-24-19-29(27-10-3-4-11-28(27)30(24)35-31)23-12-14-25(15-13-23)36-40(38,39)26-9-7-8-22(18-26)20-32/h3-4,7-15,18,21,29,36H,5-6,16-17,19H2,1-2H3,(H,33,34,35). The van der Waals surface area contributed by atoms with Gasteiger partial charge in [0.05, 0.1) is 22.2 Å². The zero-order chi connectivity index (χ0) is 28.1. The van der Waals surface area contributed by atoms with Gasteiger partial charge in [-0.2, -0.15) is 5.26 Å². The number of nitrogens with zero attached hydrogens (tertiary/aromatic N) is 4. The minimum absolute atomic E-state index is 0.0517. The van der Waals surface area contributed by atoms with Crippen molar-refractivity contribution in [2.45, 2.75) is 30.1 Å². The number of hydrogen-bond donors (Lipinski definition) is 2. The average molecular weight is 553 g/mol. The van der Waals surface area contributed by atoms with Gasteiger partial charge in [-0.1, -0.05) is 42.5 Å². The molecule has 1 atom stereocenters. The van der Waals surface area contributed by atoms with Gasteiger partial charge in [-0.3, -0.25) is 4.72 Å². The van der Waals surface area contributed by atoms with Crippen LogP contribution in [0.5, 0.6) is 0 Å². The van der Waals surface area contributed by atoms with Gasteiger partial charge in [-0.15, -0.1) is 0 Å². The van der Waals surface area contributed by atoms with Crippen LogP contribution in [0.25, 0.3) is 11.3 Å². The molecule has 3 aromatic carbocycles. The Morgan fingerprint density at radius 1 is 1.02 bits per heavy atom. The number of nitrogens with one attached hydrogen (secondary N) is 2. The maximum absolute atomic E-state index is 12.9. The Balaban J connectivity index is 1.33. The maximum atomic E-state index is 12.9. The van der Waals surface area contributed by atoms with Crippen LogP contribution >= 0.6 is 0 Å². The van der Waals surface area contributed by atoms with Crippen LogP contribution < -0.4 is 10.0 Å². The normalized spacial score (nSPS) is 14.2. The van der Waals surface area contributed by atoms with Gasteiger partial charge in [0.25, 0.3) is 10.0 Å². The second kappa shape index (κ2) is 11.9. The lowest BCUT2D eigenvalue weighted by Gasteiger charge is -2.27. The molecule has 40 heavy (non-hydrogen) atoms. The Morgan fingerprint density at radius 2 is 1.82 bits per heavy atom. The zero-order valence-corrected chi connectivity index (χ0v) is 23.4. The molecule has 0 saturated carbocycles. The minimum Gasteiger partial charge on any atom is -0.354 e. The van der Waals surface area contributed by atoms with Gasteiger partial charge >= 0.3 is 0 Å². The molecule has 0 radical (unpaired) electrons. The lowest BCUT2D eigenvalue weighted by Crippen LogP contribution is -2.17. The van der Waals surface area contributed by atoms with Crippen molar-refractivity contribution < 1.29 is 8.42 Å². The molecule has 1 aliphatic rings. The monoisotopic (exact) mass is 552 g/mol. The highest BCUT2D eigenvalue weighted by Crippen LogP contribution is 2.42. The van der Waals surface area contributed by atoms with Crippen LogP contribution in [0.2, 0.25) is 0 Å². The molecular formula is C31H32N6O2S. The van der Waals surface area contributed by atoms with E-state index in [0.29, 0.717) is 17.2 Å². The van der Waals surface area contributed by atoms with Crippen molar-refractivity contribution in [3.63, 3.8) is 0 Å². The summed E-state index contributed by atoms with van der Waals surface area (Å²) in [6, 6.07) is 23.7. The Morgan fingerprint density at radius 3 is 2.60 bits per heavy atom. The number of aromatic nitrogens is 2. The highest BCUT2D eigenvalue weighted by molar-refractivity contribution is 7.92. The SMILES string of the molecule is CN(C)CCCCNc1ncc2c(n1)-c1ccccc1C(c1ccc(NS(=O)(=O)c3cccc(C#N)c3)cc1)C2. The Hall–Kier alpha value is -4.26. The second-order valence-corrected chi connectivity index (χ2v) is 11.9. The molecule has 9 heteroatoms. The van der Waals surface area contributed by atoms with Crippen LogP contribution in [0.4, 0.5) is 11.6 Å². The van der Waals surface area contributed by atoms with Gasteiger partial charge in [0.1, 0.15) is 0 Å². The summed E-state index contributed by atoms with van der Waals surface area (Å²) in [5.41, 5.74) is 6.16. The van der Waals surface area contributed by atoms with Crippen LogP contribution in [0.1, 0.15) is 41.0 Å². The van der Waals surface area contributed by atoms with Crippen molar-refractivity contribution >= 4 is 21.7 Å². The highest BCUT2D eigenvalue weighted by atomic mass is 32.2. The van der Waals surface area contributed by atoms with Crippen molar-refractivity contribution in [1.29, 1.82) is 5.26 Å². The first-order valence-corrected chi connectivity index (χ1v) is 14.8. The number of unbranched alkanes of at least 4 members (excludes halogenated alkanes) is 1. The van der Waals surface area contributed by atoms with E-state index >= 15 is 0 Å². The van der Waals surface area contributed by atoms with Gasteiger partial charge < -0.3 is 10.2 Å². The van der Waals surface area contributed by atoms with Crippen LogP contribution in [-0.4, -0.2) is 50.5 Å². The molecular weight excluding hydrogens is 520 g/mol. The molecule has 2 N–H and O–H groups in total. The quantitative estimate of drug-likeness (QED) is 0.258. The Bertz CT molecular complexity index is 1650. The van der Waals surface area contributed by atoms with Crippen molar-refractivity contribution in [2.75, 3.05) is 37.2 Å². The fraction of sp³-hybridized carbons (Fsp3) is 0.258. The summed E-state index contributed by atoms with van der Waals surface area (Å²) < 4.78 is 28.4. The van der Waals surface area contributed by atoms with E-state index in [0.717, 1.165) is 54.7 Å². The number of rotatable bonds is 10. The topological polar surface area (TPSA) is 111 Å². The zero-order valence-electron chi connectivity index (χ0n) is 22.6. The lowest BCUT2D eigenvalue weighted by molar-refractivity contribution is 0.396. The third kappa shape index (κ3) is 6.14. The lowest BCUT2D eigenvalue weighted by atomic mass is 9.78. The van der Waals surface area contributed by atoms with E-state index in [-0.39, 0.29) is 10.8 Å². The molecule has 1 unspecified atom stereocenters. The predicted octanol–water partition coefficient (Wildman–Crippen LogP) is 5.26. The summed E-state index contributed by atoms with van der Waals surface area (Å²) in [4.78, 5) is 11.7. The first kappa shape index (κ1) is 27.3. The molecule has 0 aliphatic heterocycles. The summed E-state index contributed by atoms with van der Waals surface area (Å²) in [5, 5.41) is 12.5. The smallest absolute Gasteiger partial charge is 0.261 e. The molecule has 0 bridgehead atoms. The average Bonchev–Trinajstić information content (AvgIpc) is 2.97. The molecule has 0 fully saturated rings. The molecule has 4 aromatic rings. The van der Waals surface area contributed by atoms with Crippen LogP contribution in [-0.2, 0) is 16.4 Å². The van der Waals surface area contributed by atoms with Crippen molar-refractivity contribution in [3.05, 3.63) is 101 Å². The van der Waals surface area contributed by atoms with E-state index in [1.54, 1.807) is 24.3 Å². The minimum atomic E-state index is -3.82. The molecule has 204 valence electrons. The predicted molar refractivity (Wildman–Crippen MR) is 158 cm³/mol. The number of fused-ring (bicyclic) bond motifs is 3. The first-order chi connectivity index (χ1) is 19.3.